The zero-order valence-corrected chi connectivity index (χ0v) is 24.6. The Bertz CT molecular complexity index is 1290. The maximum Gasteiger partial charge on any atom is 0.415 e. The lowest BCUT2D eigenvalue weighted by Crippen LogP contribution is -2.65. The Morgan fingerprint density at radius 3 is 2.40 bits per heavy atom. The van der Waals surface area contributed by atoms with Crippen molar-refractivity contribution in [1.29, 1.82) is 0 Å². The Morgan fingerprint density at radius 2 is 1.71 bits per heavy atom. The van der Waals surface area contributed by atoms with E-state index in [4.69, 9.17) is 4.74 Å². The van der Waals surface area contributed by atoms with Gasteiger partial charge in [0.15, 0.2) is 0 Å². The van der Waals surface area contributed by atoms with E-state index in [1.165, 1.54) is 39.6 Å². The van der Waals surface area contributed by atoms with E-state index in [-0.39, 0.29) is 49.2 Å². The second-order valence-electron chi connectivity index (χ2n) is 11.2. The summed E-state index contributed by atoms with van der Waals surface area (Å²) in [7, 11) is 1.66. The number of ether oxygens (including phenoxy) is 1. The van der Waals surface area contributed by atoms with Gasteiger partial charge in [-0.2, -0.15) is 0 Å². The molecule has 4 amide bonds. The van der Waals surface area contributed by atoms with Crippen molar-refractivity contribution in [3.05, 3.63) is 65.5 Å². The molecule has 0 bridgehead atoms. The number of piperazine rings is 1. The average molecular weight is 582 g/mol. The molecule has 3 N–H and O–H groups in total. The fourth-order valence-corrected chi connectivity index (χ4v) is 5.38. The second kappa shape index (κ2) is 13.8. The molecule has 1 aliphatic carbocycles. The molecule has 1 saturated heterocycles. The van der Waals surface area contributed by atoms with Gasteiger partial charge in [0.1, 0.15) is 23.7 Å². The van der Waals surface area contributed by atoms with Gasteiger partial charge >= 0.3 is 6.09 Å². The molecule has 0 radical (unpaired) electrons. The number of rotatable bonds is 8. The lowest BCUT2D eigenvalue weighted by Gasteiger charge is -2.42. The molecule has 10 nitrogen and oxygen atoms in total. The maximum atomic E-state index is 13.9. The summed E-state index contributed by atoms with van der Waals surface area (Å²) >= 11 is 0. The summed E-state index contributed by atoms with van der Waals surface area (Å²) in [5, 5.41) is 8.83. The van der Waals surface area contributed by atoms with Crippen LogP contribution < -0.4 is 20.7 Å². The van der Waals surface area contributed by atoms with E-state index in [1.807, 2.05) is 32.0 Å². The van der Waals surface area contributed by atoms with Gasteiger partial charge in [-0.3, -0.25) is 14.4 Å². The largest absolute Gasteiger partial charge is 0.415 e. The van der Waals surface area contributed by atoms with Gasteiger partial charge < -0.3 is 30.5 Å². The molecule has 0 saturated carbocycles. The van der Waals surface area contributed by atoms with Crippen LogP contribution in [-0.4, -0.2) is 78.4 Å². The van der Waals surface area contributed by atoms with Gasteiger partial charge in [-0.25, -0.2) is 9.18 Å². The molecule has 11 heteroatoms. The van der Waals surface area contributed by atoms with Gasteiger partial charge in [0.2, 0.25) is 17.7 Å². The fraction of sp³-hybridized carbons (Fsp3) is 0.484. The number of aryl methyl sites for hydroxylation is 1. The number of nitrogens with one attached hydrogen (secondary N) is 3. The SMILES string of the molecule is CN[C@@H](C)C(=O)N[C@H](C(=O)N1CCN(C(=O)Oc2ccc(F)cc2)C[C@H]1C(=O)NC1CCCc2ccccc21)C(C)C. The van der Waals surface area contributed by atoms with Gasteiger partial charge in [-0.05, 0) is 74.5 Å². The number of amides is 4. The smallest absolute Gasteiger partial charge is 0.410 e. The van der Waals surface area contributed by atoms with Crippen molar-refractivity contribution in [3.8, 4) is 5.75 Å². The van der Waals surface area contributed by atoms with Crippen molar-refractivity contribution in [2.24, 2.45) is 5.92 Å². The molecule has 226 valence electrons. The number of halogens is 1. The molecular formula is C31H40FN5O5. The first-order valence-electron chi connectivity index (χ1n) is 14.5. The molecule has 2 aliphatic rings. The van der Waals surface area contributed by atoms with Gasteiger partial charge in [-0.1, -0.05) is 38.1 Å². The Hall–Kier alpha value is -3.99. The zero-order chi connectivity index (χ0) is 30.4. The third-order valence-corrected chi connectivity index (χ3v) is 7.99. The molecule has 4 rings (SSSR count). The van der Waals surface area contributed by atoms with Crippen molar-refractivity contribution in [2.45, 2.75) is 64.2 Å². The van der Waals surface area contributed by atoms with Gasteiger partial charge in [-0.15, -0.1) is 0 Å². The molecule has 0 spiro atoms. The van der Waals surface area contributed by atoms with Crippen LogP contribution in [0, 0.1) is 11.7 Å². The standard InChI is InChI=1S/C31H40FN5O5/c1-19(2)27(35-28(38)20(3)33-4)30(40)37-17-16-36(31(41)42-23-14-12-22(32)13-15-23)18-26(37)29(39)34-25-11-7-9-21-8-5-6-10-24(21)25/h5-6,8,10,12-15,19-20,25-27,33H,7,9,11,16-18H2,1-4H3,(H,34,39)(H,35,38)/t20-,25?,26-,27-/m0/s1. The number of fused-ring (bicyclic) bond motifs is 1. The van der Waals surface area contributed by atoms with Crippen molar-refractivity contribution in [2.75, 3.05) is 26.7 Å². The van der Waals surface area contributed by atoms with Gasteiger partial charge in [0.25, 0.3) is 0 Å². The Morgan fingerprint density at radius 1 is 1.00 bits per heavy atom. The third-order valence-electron chi connectivity index (χ3n) is 7.99. The summed E-state index contributed by atoms with van der Waals surface area (Å²) in [5.41, 5.74) is 2.23. The topological polar surface area (TPSA) is 120 Å². The molecule has 0 aromatic heterocycles. The van der Waals surface area contributed by atoms with E-state index in [9.17, 15) is 23.6 Å². The number of hydrogen-bond donors (Lipinski definition) is 3. The summed E-state index contributed by atoms with van der Waals surface area (Å²) < 4.78 is 18.8. The number of benzene rings is 2. The van der Waals surface area contributed by atoms with Crippen molar-refractivity contribution >= 4 is 23.8 Å². The Labute approximate surface area is 246 Å². The van der Waals surface area contributed by atoms with Crippen LogP contribution >= 0.6 is 0 Å². The molecule has 2 aromatic carbocycles. The molecule has 4 atom stereocenters. The maximum absolute atomic E-state index is 13.9. The number of nitrogens with zero attached hydrogens (tertiary/aromatic N) is 2. The molecule has 1 unspecified atom stereocenters. The minimum atomic E-state index is -1.01. The van der Waals surface area contributed by atoms with Crippen LogP contribution in [0.3, 0.4) is 0 Å². The lowest BCUT2D eigenvalue weighted by molar-refractivity contribution is -0.147. The van der Waals surface area contributed by atoms with Gasteiger partial charge in [0, 0.05) is 13.1 Å². The molecule has 1 fully saturated rings. The monoisotopic (exact) mass is 581 g/mol. The highest BCUT2D eigenvalue weighted by Gasteiger charge is 2.42. The number of hydrogen-bond acceptors (Lipinski definition) is 6. The van der Waals surface area contributed by atoms with Crippen LogP contribution in [0.4, 0.5) is 9.18 Å². The molecule has 1 aliphatic heterocycles. The van der Waals surface area contributed by atoms with Crippen LogP contribution in [0.1, 0.15) is 50.8 Å². The van der Waals surface area contributed by atoms with Crippen LogP contribution in [0.5, 0.6) is 5.75 Å². The van der Waals surface area contributed by atoms with E-state index in [0.29, 0.717) is 0 Å². The number of likely N-dealkylation sites (N-methyl/N-ethyl adjacent to an activating group) is 1. The molecule has 42 heavy (non-hydrogen) atoms. The predicted octanol–water partition coefficient (Wildman–Crippen LogP) is 2.78. The molecule has 2 aromatic rings. The van der Waals surface area contributed by atoms with Crippen molar-refractivity contribution < 1.29 is 28.3 Å². The zero-order valence-electron chi connectivity index (χ0n) is 24.6. The van der Waals surface area contributed by atoms with E-state index in [1.54, 1.807) is 14.0 Å². The Kier molecular flexibility index (Phi) is 10.2. The molecular weight excluding hydrogens is 541 g/mol. The van der Waals surface area contributed by atoms with Crippen LogP contribution in [-0.2, 0) is 20.8 Å². The third kappa shape index (κ3) is 7.25. The summed E-state index contributed by atoms with van der Waals surface area (Å²) in [5.74, 6) is -1.65. The van der Waals surface area contributed by atoms with Crippen LogP contribution in [0.25, 0.3) is 0 Å². The van der Waals surface area contributed by atoms with E-state index in [0.717, 1.165) is 24.8 Å². The molecule has 1 heterocycles. The first-order valence-corrected chi connectivity index (χ1v) is 14.5. The average Bonchev–Trinajstić information content (AvgIpc) is 2.99. The van der Waals surface area contributed by atoms with Gasteiger partial charge in [0.05, 0.1) is 18.6 Å². The minimum Gasteiger partial charge on any atom is -0.410 e. The second-order valence-corrected chi connectivity index (χ2v) is 11.2. The predicted molar refractivity (Wildman–Crippen MR) is 155 cm³/mol. The summed E-state index contributed by atoms with van der Waals surface area (Å²) in [4.78, 5) is 56.4. The van der Waals surface area contributed by atoms with Crippen molar-refractivity contribution in [3.63, 3.8) is 0 Å². The summed E-state index contributed by atoms with van der Waals surface area (Å²) in [6.07, 6.45) is 1.90. The highest BCUT2D eigenvalue weighted by Crippen LogP contribution is 2.30. The lowest BCUT2D eigenvalue weighted by atomic mass is 9.87. The first kappa shape index (κ1) is 31.0. The van der Waals surface area contributed by atoms with Crippen LogP contribution in [0.15, 0.2) is 48.5 Å². The van der Waals surface area contributed by atoms with E-state index in [2.05, 4.69) is 22.0 Å². The normalized spacial score (nSPS) is 19.9. The Balaban J connectivity index is 1.57. The minimum absolute atomic E-state index is 0.0668. The number of carbonyl (C=O) groups excluding carboxylic acids is 4. The fourth-order valence-electron chi connectivity index (χ4n) is 5.38. The highest BCUT2D eigenvalue weighted by molar-refractivity contribution is 5.94. The first-order chi connectivity index (χ1) is 20.1. The highest BCUT2D eigenvalue weighted by atomic mass is 19.1. The van der Waals surface area contributed by atoms with E-state index < -0.39 is 35.9 Å². The van der Waals surface area contributed by atoms with Crippen LogP contribution in [0.2, 0.25) is 0 Å². The van der Waals surface area contributed by atoms with Crippen molar-refractivity contribution in [1.82, 2.24) is 25.8 Å². The number of carbonyl (C=O) groups is 4. The summed E-state index contributed by atoms with van der Waals surface area (Å²) in [6.45, 7) is 5.44. The summed E-state index contributed by atoms with van der Waals surface area (Å²) in [6, 6.07) is 10.4. The quantitative estimate of drug-likeness (QED) is 0.441. The van der Waals surface area contributed by atoms with E-state index >= 15 is 0 Å².